The smallest absolute Gasteiger partial charge is 0.311 e. The summed E-state index contributed by atoms with van der Waals surface area (Å²) in [6.07, 6.45) is 9.61. The van der Waals surface area contributed by atoms with Gasteiger partial charge in [0.2, 0.25) is 0 Å². The molecule has 0 amide bonds. The number of esters is 2. The second kappa shape index (κ2) is 9.25. The van der Waals surface area contributed by atoms with Crippen LogP contribution in [0.25, 0.3) is 0 Å². The Bertz CT molecular complexity index is 706. The van der Waals surface area contributed by atoms with E-state index < -0.39 is 11.5 Å². The molecule has 168 valence electrons. The minimum absolute atomic E-state index is 0.0949. The molecular weight excluding hydrogens is 380 g/mol. The van der Waals surface area contributed by atoms with Crippen molar-refractivity contribution in [2.45, 2.75) is 91.5 Å². The van der Waals surface area contributed by atoms with Crippen molar-refractivity contribution < 1.29 is 24.2 Å². The van der Waals surface area contributed by atoms with Crippen LogP contribution in [0.1, 0.15) is 73.1 Å². The number of cyclic esters (lactones) is 1. The summed E-state index contributed by atoms with van der Waals surface area (Å²) in [6, 6.07) is 0. The number of hydrogen-bond donors (Lipinski definition) is 1. The highest BCUT2D eigenvalue weighted by Gasteiger charge is 2.43. The molecule has 0 bridgehead atoms. The SMILES string of the molecule is CCC(C)(C)C(=O)O[C@H]1C[C@@H](C)C=C2C=C[C@@H](C)[C@@H](CC[C@@H]3C[C@H](O)CC(=O)O3)[C@@H]21. The Kier molecular flexibility index (Phi) is 7.11. The fourth-order valence-electron chi connectivity index (χ4n) is 5.08. The van der Waals surface area contributed by atoms with E-state index in [1.165, 1.54) is 5.57 Å². The largest absolute Gasteiger partial charge is 0.462 e. The van der Waals surface area contributed by atoms with Crippen molar-refractivity contribution in [2.24, 2.45) is 29.1 Å². The molecule has 3 aliphatic rings. The quantitative estimate of drug-likeness (QED) is 0.639. The maximum absolute atomic E-state index is 12.9. The standard InChI is InChI=1S/C25H38O5/c1-6-25(4,5)24(28)30-21-12-15(2)11-17-8-7-16(3)20(23(17)21)10-9-19-13-18(26)14-22(27)29-19/h7-8,11,15-16,18-21,23,26H,6,9-10,12-14H2,1-5H3/t15-,16+,18-,19+,20+,21-,23+/m0/s1. The van der Waals surface area contributed by atoms with Gasteiger partial charge in [0, 0.05) is 12.3 Å². The third kappa shape index (κ3) is 5.16. The van der Waals surface area contributed by atoms with Crippen molar-refractivity contribution in [3.63, 3.8) is 0 Å². The van der Waals surface area contributed by atoms with Gasteiger partial charge in [0.25, 0.3) is 0 Å². The fraction of sp³-hybridized carbons (Fsp3) is 0.760. The van der Waals surface area contributed by atoms with E-state index >= 15 is 0 Å². The molecule has 5 nitrogen and oxygen atoms in total. The number of carbonyl (C=O) groups is 2. The number of aliphatic hydroxyl groups excluding tert-OH is 1. The Morgan fingerprint density at radius 1 is 1.27 bits per heavy atom. The molecule has 7 atom stereocenters. The van der Waals surface area contributed by atoms with Gasteiger partial charge in [-0.1, -0.05) is 39.0 Å². The van der Waals surface area contributed by atoms with Gasteiger partial charge in [-0.3, -0.25) is 9.59 Å². The Balaban J connectivity index is 1.76. The molecule has 1 heterocycles. The first kappa shape index (κ1) is 23.1. The lowest BCUT2D eigenvalue weighted by Crippen LogP contribution is -2.43. The van der Waals surface area contributed by atoms with Gasteiger partial charge in [0.15, 0.2) is 0 Å². The van der Waals surface area contributed by atoms with E-state index in [0.29, 0.717) is 24.2 Å². The van der Waals surface area contributed by atoms with Crippen LogP contribution in [0.4, 0.5) is 0 Å². The average Bonchev–Trinajstić information content (AvgIpc) is 2.66. The molecule has 1 saturated heterocycles. The summed E-state index contributed by atoms with van der Waals surface area (Å²) >= 11 is 0. The summed E-state index contributed by atoms with van der Waals surface area (Å²) in [6.45, 7) is 10.3. The highest BCUT2D eigenvalue weighted by molar-refractivity contribution is 5.76. The van der Waals surface area contributed by atoms with Crippen LogP contribution in [0.15, 0.2) is 23.8 Å². The van der Waals surface area contributed by atoms with Crippen LogP contribution >= 0.6 is 0 Å². The van der Waals surface area contributed by atoms with Crippen LogP contribution in [-0.4, -0.2) is 35.4 Å². The van der Waals surface area contributed by atoms with Crippen molar-refractivity contribution in [1.29, 1.82) is 0 Å². The third-order valence-electron chi connectivity index (χ3n) is 7.35. The lowest BCUT2D eigenvalue weighted by Gasteiger charge is -2.44. The van der Waals surface area contributed by atoms with Gasteiger partial charge in [-0.05, 0) is 62.9 Å². The molecule has 2 aliphatic carbocycles. The van der Waals surface area contributed by atoms with E-state index in [1.54, 1.807) is 0 Å². The molecule has 1 N–H and O–H groups in total. The maximum Gasteiger partial charge on any atom is 0.311 e. The molecule has 1 fully saturated rings. The molecular formula is C25H38O5. The van der Waals surface area contributed by atoms with E-state index in [0.717, 1.165) is 25.7 Å². The van der Waals surface area contributed by atoms with E-state index in [9.17, 15) is 14.7 Å². The van der Waals surface area contributed by atoms with Gasteiger partial charge in [0.1, 0.15) is 12.2 Å². The summed E-state index contributed by atoms with van der Waals surface area (Å²) in [5, 5.41) is 9.92. The molecule has 0 unspecified atom stereocenters. The Morgan fingerprint density at radius 3 is 2.67 bits per heavy atom. The molecule has 0 aromatic rings. The molecule has 0 aromatic carbocycles. The number of fused-ring (bicyclic) bond motifs is 1. The fourth-order valence-corrected chi connectivity index (χ4v) is 5.08. The summed E-state index contributed by atoms with van der Waals surface area (Å²) in [5.74, 6) is 0.776. The molecule has 0 radical (unpaired) electrons. The lowest BCUT2D eigenvalue weighted by atomic mass is 9.65. The van der Waals surface area contributed by atoms with E-state index in [1.807, 2.05) is 20.8 Å². The van der Waals surface area contributed by atoms with Gasteiger partial charge in [-0.15, -0.1) is 0 Å². The van der Waals surface area contributed by atoms with Gasteiger partial charge in [0.05, 0.1) is 17.9 Å². The average molecular weight is 419 g/mol. The summed E-state index contributed by atoms with van der Waals surface area (Å²) < 4.78 is 11.6. The van der Waals surface area contributed by atoms with Crippen molar-refractivity contribution >= 4 is 11.9 Å². The summed E-state index contributed by atoms with van der Waals surface area (Å²) in [5.41, 5.74) is 0.785. The van der Waals surface area contributed by atoms with Gasteiger partial charge in [-0.2, -0.15) is 0 Å². The van der Waals surface area contributed by atoms with Crippen molar-refractivity contribution in [3.8, 4) is 0 Å². The van der Waals surface area contributed by atoms with Gasteiger partial charge >= 0.3 is 11.9 Å². The summed E-state index contributed by atoms with van der Waals surface area (Å²) in [4.78, 5) is 24.6. The number of allylic oxidation sites excluding steroid dienone is 3. The van der Waals surface area contributed by atoms with Gasteiger partial charge in [-0.25, -0.2) is 0 Å². The molecule has 1 aliphatic heterocycles. The Morgan fingerprint density at radius 2 is 2.00 bits per heavy atom. The molecule has 5 heteroatoms. The zero-order valence-corrected chi connectivity index (χ0v) is 19.1. The first-order valence-electron chi connectivity index (χ1n) is 11.6. The van der Waals surface area contributed by atoms with E-state index in [-0.39, 0.29) is 36.5 Å². The second-order valence-electron chi connectivity index (χ2n) is 10.3. The molecule has 0 saturated carbocycles. The predicted molar refractivity (Wildman–Crippen MR) is 115 cm³/mol. The third-order valence-corrected chi connectivity index (χ3v) is 7.35. The highest BCUT2D eigenvalue weighted by atomic mass is 16.6. The number of rotatable bonds is 6. The van der Waals surface area contributed by atoms with E-state index in [2.05, 4.69) is 32.1 Å². The molecule has 0 aromatic heterocycles. The number of hydrogen-bond acceptors (Lipinski definition) is 5. The zero-order valence-electron chi connectivity index (χ0n) is 19.1. The van der Waals surface area contributed by atoms with Crippen LogP contribution in [0.5, 0.6) is 0 Å². The summed E-state index contributed by atoms with van der Waals surface area (Å²) in [7, 11) is 0. The molecule has 30 heavy (non-hydrogen) atoms. The first-order chi connectivity index (χ1) is 14.1. The minimum atomic E-state index is -0.601. The number of aliphatic hydroxyl groups is 1. The van der Waals surface area contributed by atoms with Crippen LogP contribution in [0.2, 0.25) is 0 Å². The number of ether oxygens (including phenoxy) is 2. The highest BCUT2D eigenvalue weighted by Crippen LogP contribution is 2.45. The predicted octanol–water partition coefficient (Wildman–Crippen LogP) is 4.59. The maximum atomic E-state index is 12.9. The number of carbonyl (C=O) groups excluding carboxylic acids is 2. The van der Waals surface area contributed by atoms with Crippen LogP contribution in [-0.2, 0) is 19.1 Å². The van der Waals surface area contributed by atoms with Crippen LogP contribution in [0.3, 0.4) is 0 Å². The van der Waals surface area contributed by atoms with Gasteiger partial charge < -0.3 is 14.6 Å². The van der Waals surface area contributed by atoms with Crippen molar-refractivity contribution in [3.05, 3.63) is 23.8 Å². The minimum Gasteiger partial charge on any atom is -0.462 e. The Hall–Kier alpha value is -1.62. The van der Waals surface area contributed by atoms with Crippen LogP contribution in [0, 0.1) is 29.1 Å². The molecule has 0 spiro atoms. The van der Waals surface area contributed by atoms with Crippen LogP contribution < -0.4 is 0 Å². The topological polar surface area (TPSA) is 72.8 Å². The van der Waals surface area contributed by atoms with Crippen molar-refractivity contribution in [2.75, 3.05) is 0 Å². The monoisotopic (exact) mass is 418 g/mol. The Labute approximate surface area is 180 Å². The molecule has 3 rings (SSSR count). The second-order valence-corrected chi connectivity index (χ2v) is 10.3. The van der Waals surface area contributed by atoms with E-state index in [4.69, 9.17) is 9.47 Å². The normalized spacial score (nSPS) is 36.5. The van der Waals surface area contributed by atoms with Crippen molar-refractivity contribution in [1.82, 2.24) is 0 Å². The lowest BCUT2D eigenvalue weighted by molar-refractivity contribution is -0.166. The first-order valence-corrected chi connectivity index (χ1v) is 11.6. The zero-order chi connectivity index (χ0) is 22.1.